The highest BCUT2D eigenvalue weighted by Crippen LogP contribution is 2.17. The Kier molecular flexibility index (Phi) is 8.02. The van der Waals surface area contributed by atoms with E-state index in [0.29, 0.717) is 18.9 Å². The fourth-order valence-electron chi connectivity index (χ4n) is 2.46. The minimum atomic E-state index is 0.108. The van der Waals surface area contributed by atoms with Gasteiger partial charge in [-0.05, 0) is 32.2 Å². The number of hydrogen-bond acceptors (Lipinski definition) is 4. The molecule has 112 valence electrons. The van der Waals surface area contributed by atoms with Gasteiger partial charge in [-0.1, -0.05) is 6.92 Å². The van der Waals surface area contributed by atoms with Crippen LogP contribution in [-0.4, -0.2) is 56.7 Å². The summed E-state index contributed by atoms with van der Waals surface area (Å²) in [4.78, 5) is 14.0. The van der Waals surface area contributed by atoms with E-state index in [9.17, 15) is 4.79 Å². The normalized spacial score (nSPS) is 18.5. The molecule has 0 radical (unpaired) electrons. The first-order valence-corrected chi connectivity index (χ1v) is 7.42. The van der Waals surface area contributed by atoms with Crippen molar-refractivity contribution in [2.45, 2.75) is 38.6 Å². The molecule has 5 nitrogen and oxygen atoms in total. The number of likely N-dealkylation sites (N-methyl/N-ethyl adjacent to an activating group) is 1. The summed E-state index contributed by atoms with van der Waals surface area (Å²) in [6.07, 6.45) is 3.69. The summed E-state index contributed by atoms with van der Waals surface area (Å²) >= 11 is 0. The Balaban J connectivity index is 2.33. The van der Waals surface area contributed by atoms with Crippen molar-refractivity contribution >= 4 is 5.91 Å². The molecule has 5 heteroatoms. The summed E-state index contributed by atoms with van der Waals surface area (Å²) in [5, 5.41) is 2.91. The molecule has 0 aliphatic carbocycles. The second kappa shape index (κ2) is 9.28. The number of nitrogens with two attached hydrogens (primary N) is 1. The molecular weight excluding hydrogens is 242 g/mol. The van der Waals surface area contributed by atoms with E-state index in [2.05, 4.69) is 24.2 Å². The van der Waals surface area contributed by atoms with E-state index in [1.807, 2.05) is 0 Å². The van der Waals surface area contributed by atoms with E-state index < -0.39 is 0 Å². The third-order valence-electron chi connectivity index (χ3n) is 3.78. The lowest BCUT2D eigenvalue weighted by atomic mass is 9.99. The first-order valence-electron chi connectivity index (χ1n) is 7.42. The van der Waals surface area contributed by atoms with Crippen LogP contribution >= 0.6 is 0 Å². The van der Waals surface area contributed by atoms with Gasteiger partial charge in [0.1, 0.15) is 0 Å². The van der Waals surface area contributed by atoms with Gasteiger partial charge in [0.15, 0.2) is 0 Å². The molecule has 1 saturated heterocycles. The zero-order valence-corrected chi connectivity index (χ0v) is 12.4. The van der Waals surface area contributed by atoms with Crippen LogP contribution in [0.5, 0.6) is 0 Å². The fourth-order valence-corrected chi connectivity index (χ4v) is 2.46. The maximum absolute atomic E-state index is 11.8. The van der Waals surface area contributed by atoms with Gasteiger partial charge in [0, 0.05) is 45.3 Å². The molecule has 1 aliphatic heterocycles. The fraction of sp³-hybridized carbons (Fsp3) is 0.929. The lowest BCUT2D eigenvalue weighted by Gasteiger charge is -2.32. The Labute approximate surface area is 116 Å². The topological polar surface area (TPSA) is 67.6 Å². The maximum Gasteiger partial charge on any atom is 0.221 e. The Bertz CT molecular complexity index is 255. The van der Waals surface area contributed by atoms with Crippen molar-refractivity contribution in [2.75, 3.05) is 39.9 Å². The molecule has 0 aromatic heterocycles. The second-order valence-corrected chi connectivity index (χ2v) is 5.44. The lowest BCUT2D eigenvalue weighted by molar-refractivity contribution is -0.122. The molecule has 1 rings (SSSR count). The molecule has 1 fully saturated rings. The molecule has 0 aromatic rings. The third-order valence-corrected chi connectivity index (χ3v) is 3.78. The molecule has 0 spiro atoms. The third kappa shape index (κ3) is 6.36. The Hall–Kier alpha value is -0.650. The number of carbonyl (C=O) groups excluding carboxylic acids is 1. The molecule has 1 atom stereocenters. The number of amides is 1. The van der Waals surface area contributed by atoms with Crippen molar-refractivity contribution in [3.8, 4) is 0 Å². The molecule has 0 aromatic carbocycles. The van der Waals surface area contributed by atoms with Crippen LogP contribution in [0.4, 0.5) is 0 Å². The molecule has 1 amide bonds. The highest BCUT2D eigenvalue weighted by atomic mass is 16.5. The summed E-state index contributed by atoms with van der Waals surface area (Å²) in [6.45, 7) is 6.06. The Morgan fingerprint density at radius 3 is 2.74 bits per heavy atom. The molecule has 0 bridgehead atoms. The number of rotatable bonds is 8. The molecule has 3 N–H and O–H groups in total. The van der Waals surface area contributed by atoms with E-state index in [1.54, 1.807) is 0 Å². The average molecular weight is 271 g/mol. The van der Waals surface area contributed by atoms with Gasteiger partial charge in [0.05, 0.1) is 0 Å². The van der Waals surface area contributed by atoms with Crippen molar-refractivity contribution in [1.29, 1.82) is 0 Å². The van der Waals surface area contributed by atoms with Gasteiger partial charge in [-0.3, -0.25) is 4.79 Å². The quantitative estimate of drug-likeness (QED) is 0.678. The molecule has 0 saturated carbocycles. The number of ether oxygens (including phenoxy) is 1. The van der Waals surface area contributed by atoms with Gasteiger partial charge in [-0.15, -0.1) is 0 Å². The first-order chi connectivity index (χ1) is 9.17. The highest BCUT2D eigenvalue weighted by Gasteiger charge is 2.21. The minimum absolute atomic E-state index is 0.108. The molecular formula is C14H29N3O2. The second-order valence-electron chi connectivity index (χ2n) is 5.44. The number of carbonyl (C=O) groups is 1. The van der Waals surface area contributed by atoms with Gasteiger partial charge in [-0.25, -0.2) is 0 Å². The summed E-state index contributed by atoms with van der Waals surface area (Å²) in [6, 6.07) is 0.139. The van der Waals surface area contributed by atoms with Crippen LogP contribution in [-0.2, 0) is 9.53 Å². The van der Waals surface area contributed by atoms with Crippen LogP contribution in [0.15, 0.2) is 0 Å². The molecule has 1 unspecified atom stereocenters. The van der Waals surface area contributed by atoms with Gasteiger partial charge in [0.25, 0.3) is 0 Å². The van der Waals surface area contributed by atoms with Crippen LogP contribution in [0, 0.1) is 5.92 Å². The van der Waals surface area contributed by atoms with Crippen molar-refractivity contribution in [3.63, 3.8) is 0 Å². The van der Waals surface area contributed by atoms with Crippen LogP contribution in [0.3, 0.4) is 0 Å². The Morgan fingerprint density at radius 1 is 1.47 bits per heavy atom. The van der Waals surface area contributed by atoms with E-state index in [1.165, 1.54) is 0 Å². The predicted octanol–water partition coefficient (Wildman–Crippen LogP) is 0.588. The Morgan fingerprint density at radius 2 is 2.16 bits per heavy atom. The van der Waals surface area contributed by atoms with E-state index in [4.69, 9.17) is 10.5 Å². The van der Waals surface area contributed by atoms with Gasteiger partial charge in [0.2, 0.25) is 5.91 Å². The van der Waals surface area contributed by atoms with Crippen LogP contribution in [0.1, 0.15) is 32.6 Å². The predicted molar refractivity (Wildman–Crippen MR) is 76.9 cm³/mol. The zero-order valence-electron chi connectivity index (χ0n) is 12.4. The van der Waals surface area contributed by atoms with Crippen molar-refractivity contribution in [1.82, 2.24) is 10.2 Å². The number of nitrogens with one attached hydrogen (secondary N) is 1. The van der Waals surface area contributed by atoms with Crippen LogP contribution < -0.4 is 11.1 Å². The summed E-state index contributed by atoms with van der Waals surface area (Å²) in [5.74, 6) is 0.780. The summed E-state index contributed by atoms with van der Waals surface area (Å²) in [7, 11) is 2.07. The summed E-state index contributed by atoms with van der Waals surface area (Å²) < 4.78 is 5.37. The highest BCUT2D eigenvalue weighted by molar-refractivity contribution is 5.76. The lowest BCUT2D eigenvalue weighted by Crippen LogP contribution is -2.44. The SMILES string of the molecule is CCCNC(=O)CC(CN)N(C)CC1CCOCC1. The van der Waals surface area contributed by atoms with E-state index in [0.717, 1.165) is 45.6 Å². The average Bonchev–Trinajstić information content (AvgIpc) is 2.43. The number of hydrogen-bond donors (Lipinski definition) is 2. The van der Waals surface area contributed by atoms with Crippen molar-refractivity contribution < 1.29 is 9.53 Å². The van der Waals surface area contributed by atoms with Crippen molar-refractivity contribution in [3.05, 3.63) is 0 Å². The zero-order chi connectivity index (χ0) is 14.1. The van der Waals surface area contributed by atoms with E-state index >= 15 is 0 Å². The molecule has 1 heterocycles. The molecule has 19 heavy (non-hydrogen) atoms. The van der Waals surface area contributed by atoms with Crippen LogP contribution in [0.2, 0.25) is 0 Å². The number of nitrogens with zero attached hydrogens (tertiary/aromatic N) is 1. The molecule has 1 aliphatic rings. The largest absolute Gasteiger partial charge is 0.381 e. The van der Waals surface area contributed by atoms with Crippen molar-refractivity contribution in [2.24, 2.45) is 11.7 Å². The summed E-state index contributed by atoms with van der Waals surface area (Å²) in [5.41, 5.74) is 5.81. The van der Waals surface area contributed by atoms with E-state index in [-0.39, 0.29) is 11.9 Å². The first kappa shape index (κ1) is 16.4. The van der Waals surface area contributed by atoms with Gasteiger partial charge >= 0.3 is 0 Å². The van der Waals surface area contributed by atoms with Gasteiger partial charge < -0.3 is 20.7 Å². The monoisotopic (exact) mass is 271 g/mol. The van der Waals surface area contributed by atoms with Gasteiger partial charge in [-0.2, -0.15) is 0 Å². The maximum atomic E-state index is 11.8. The minimum Gasteiger partial charge on any atom is -0.381 e. The standard InChI is InChI=1S/C14H29N3O2/c1-3-6-16-14(18)9-13(10-15)17(2)11-12-4-7-19-8-5-12/h12-13H,3-11,15H2,1-2H3,(H,16,18). The smallest absolute Gasteiger partial charge is 0.221 e. The van der Waals surface area contributed by atoms with Crippen LogP contribution in [0.25, 0.3) is 0 Å².